The molecule has 0 amide bonds. The zero-order valence-corrected chi connectivity index (χ0v) is 10.3. The third-order valence-electron chi connectivity index (χ3n) is 2.41. The lowest BCUT2D eigenvalue weighted by atomic mass is 11.7. The lowest BCUT2D eigenvalue weighted by Crippen LogP contribution is -2.34. The zero-order valence-electron chi connectivity index (χ0n) is 6.85. The minimum atomic E-state index is -0.0868. The van der Waals surface area contributed by atoms with Crippen LogP contribution >= 0.6 is 0 Å². The van der Waals surface area contributed by atoms with Gasteiger partial charge in [-0.2, -0.15) is 0 Å². The monoisotopic (exact) mass is 174 g/mol. The Labute approximate surface area is 63.5 Å². The van der Waals surface area contributed by atoms with Gasteiger partial charge in [0.05, 0.1) is 0 Å². The molecule has 0 N–H and O–H groups in total. The van der Waals surface area contributed by atoms with Gasteiger partial charge in [0.2, 0.25) is 0 Å². The van der Waals surface area contributed by atoms with Crippen LogP contribution in [-0.4, -0.2) is 26.4 Å². The summed E-state index contributed by atoms with van der Waals surface area (Å²) in [6.07, 6.45) is 0. The van der Waals surface area contributed by atoms with Gasteiger partial charge in [-0.3, -0.25) is 0 Å². The lowest BCUT2D eigenvalue weighted by Gasteiger charge is -2.26. The molecule has 0 unspecified atom stereocenters. The summed E-state index contributed by atoms with van der Waals surface area (Å²) in [5.41, 5.74) is 5.33. The average molecular weight is 174 g/mol. The van der Waals surface area contributed by atoms with Crippen LogP contribution in [0.3, 0.4) is 0 Å². The molecular formula is C6H18Si3. The van der Waals surface area contributed by atoms with Crippen molar-refractivity contribution >= 4 is 26.4 Å². The topological polar surface area (TPSA) is 0 Å². The lowest BCUT2D eigenvalue weighted by molar-refractivity contribution is 1.52. The molecule has 1 aliphatic rings. The van der Waals surface area contributed by atoms with Crippen LogP contribution in [0.15, 0.2) is 0 Å². The van der Waals surface area contributed by atoms with Crippen LogP contribution in [0.5, 0.6) is 0 Å². The standard InChI is InChI=1S/C6H18Si3/c1-7-4-8(2)6-9(3)5-7/h7-9H,4-6H2,1-3H3. The van der Waals surface area contributed by atoms with Gasteiger partial charge in [0.15, 0.2) is 0 Å². The Bertz CT molecular complexity index is 69.3. The van der Waals surface area contributed by atoms with E-state index in [2.05, 4.69) is 19.6 Å². The molecule has 1 rings (SSSR count). The van der Waals surface area contributed by atoms with Gasteiger partial charge in [-0.1, -0.05) is 36.6 Å². The molecule has 0 saturated carbocycles. The van der Waals surface area contributed by atoms with E-state index >= 15 is 0 Å². The maximum absolute atomic E-state index is 2.59. The molecule has 1 saturated heterocycles. The van der Waals surface area contributed by atoms with Gasteiger partial charge in [-0.15, -0.1) is 0 Å². The third kappa shape index (κ3) is 2.39. The van der Waals surface area contributed by atoms with Crippen molar-refractivity contribution < 1.29 is 0 Å². The molecule has 0 aliphatic carbocycles. The Morgan fingerprint density at radius 3 is 1.11 bits per heavy atom. The Morgan fingerprint density at radius 2 is 0.889 bits per heavy atom. The van der Waals surface area contributed by atoms with E-state index in [4.69, 9.17) is 0 Å². The smallest absolute Gasteiger partial charge is 0.0278 e. The molecule has 54 valence electrons. The predicted octanol–water partition coefficient (Wildman–Crippen LogP) is 1.19. The van der Waals surface area contributed by atoms with Crippen LogP contribution in [0.2, 0.25) is 36.6 Å². The molecule has 3 heteroatoms. The number of hydrogen-bond acceptors (Lipinski definition) is 0. The van der Waals surface area contributed by atoms with E-state index in [1.807, 2.05) is 0 Å². The first kappa shape index (κ1) is 7.75. The summed E-state index contributed by atoms with van der Waals surface area (Å²) < 4.78 is 0. The molecule has 0 nitrogen and oxygen atoms in total. The highest BCUT2D eigenvalue weighted by Crippen LogP contribution is 2.18. The molecule has 0 aromatic carbocycles. The van der Waals surface area contributed by atoms with Crippen LogP contribution < -0.4 is 0 Å². The number of rotatable bonds is 0. The SMILES string of the molecule is C[SiH]1C[SiH](C)C[SiH](C)C1. The van der Waals surface area contributed by atoms with Crippen molar-refractivity contribution in [1.29, 1.82) is 0 Å². The fourth-order valence-electron chi connectivity index (χ4n) is 2.35. The van der Waals surface area contributed by atoms with Gasteiger partial charge in [0.1, 0.15) is 0 Å². The van der Waals surface area contributed by atoms with Crippen LogP contribution in [-0.2, 0) is 0 Å². The molecule has 1 aliphatic heterocycles. The maximum atomic E-state index is 2.59. The average Bonchev–Trinajstić information content (AvgIpc) is 1.59. The molecule has 0 atom stereocenters. The second-order valence-electron chi connectivity index (χ2n) is 4.02. The second kappa shape index (κ2) is 3.16. The fourth-order valence-corrected chi connectivity index (χ4v) is 26.3. The minimum absolute atomic E-state index is 0.0868. The second-order valence-corrected chi connectivity index (χ2v) is 16.3. The normalized spacial score (nSPS) is 45.0. The minimum Gasteiger partial charge on any atom is -0.0724 e. The van der Waals surface area contributed by atoms with Crippen molar-refractivity contribution in [2.45, 2.75) is 36.6 Å². The predicted molar refractivity (Wildman–Crippen MR) is 53.5 cm³/mol. The van der Waals surface area contributed by atoms with E-state index in [9.17, 15) is 0 Å². The van der Waals surface area contributed by atoms with Crippen molar-refractivity contribution in [3.63, 3.8) is 0 Å². The molecule has 9 heavy (non-hydrogen) atoms. The summed E-state index contributed by atoms with van der Waals surface area (Å²) in [4.78, 5) is 0. The molecule has 0 aromatic heterocycles. The summed E-state index contributed by atoms with van der Waals surface area (Å²) in [5.74, 6) is 0. The quantitative estimate of drug-likeness (QED) is 0.484. The summed E-state index contributed by atoms with van der Waals surface area (Å²) >= 11 is 0. The maximum Gasteiger partial charge on any atom is 0.0278 e. The van der Waals surface area contributed by atoms with Crippen molar-refractivity contribution in [1.82, 2.24) is 0 Å². The summed E-state index contributed by atoms with van der Waals surface area (Å²) in [6.45, 7) is 7.77. The molecule has 0 radical (unpaired) electrons. The zero-order chi connectivity index (χ0) is 6.85. The molecule has 0 spiro atoms. The van der Waals surface area contributed by atoms with Crippen molar-refractivity contribution in [2.24, 2.45) is 0 Å². The van der Waals surface area contributed by atoms with E-state index in [-0.39, 0.29) is 26.4 Å². The van der Waals surface area contributed by atoms with E-state index < -0.39 is 0 Å². The Hall–Kier alpha value is 0.651. The van der Waals surface area contributed by atoms with Gasteiger partial charge in [-0.05, 0) is 0 Å². The Morgan fingerprint density at radius 1 is 0.667 bits per heavy atom. The first-order valence-electron chi connectivity index (χ1n) is 4.18. The van der Waals surface area contributed by atoms with Crippen LogP contribution in [0.4, 0.5) is 0 Å². The fraction of sp³-hybridized carbons (Fsp3) is 1.00. The molecule has 1 heterocycles. The van der Waals surface area contributed by atoms with Gasteiger partial charge < -0.3 is 0 Å². The molecule has 0 bridgehead atoms. The Balaban J connectivity index is 2.34. The molecular weight excluding hydrogens is 156 g/mol. The van der Waals surface area contributed by atoms with Crippen molar-refractivity contribution in [3.8, 4) is 0 Å². The first-order chi connectivity index (χ1) is 4.18. The summed E-state index contributed by atoms with van der Waals surface area (Å²) in [7, 11) is -0.260. The number of hydrogen-bond donors (Lipinski definition) is 0. The van der Waals surface area contributed by atoms with E-state index in [0.29, 0.717) is 0 Å². The van der Waals surface area contributed by atoms with Crippen LogP contribution in [0.1, 0.15) is 0 Å². The van der Waals surface area contributed by atoms with Gasteiger partial charge in [0.25, 0.3) is 0 Å². The van der Waals surface area contributed by atoms with Gasteiger partial charge >= 0.3 is 0 Å². The molecule has 1 fully saturated rings. The highest BCUT2D eigenvalue weighted by Gasteiger charge is 2.22. The Kier molecular flexibility index (Phi) is 2.73. The third-order valence-corrected chi connectivity index (χ3v) is 21.7. The summed E-state index contributed by atoms with van der Waals surface area (Å²) in [5, 5.41) is 0. The van der Waals surface area contributed by atoms with E-state index in [1.165, 1.54) is 0 Å². The highest BCUT2D eigenvalue weighted by atomic mass is 28.4. The summed E-state index contributed by atoms with van der Waals surface area (Å²) in [6, 6.07) is 0. The first-order valence-corrected chi connectivity index (χ1v) is 12.5. The van der Waals surface area contributed by atoms with Crippen molar-refractivity contribution in [2.75, 3.05) is 0 Å². The van der Waals surface area contributed by atoms with Crippen LogP contribution in [0, 0.1) is 0 Å². The van der Waals surface area contributed by atoms with E-state index in [0.717, 1.165) is 0 Å². The molecule has 0 aromatic rings. The largest absolute Gasteiger partial charge is 0.0724 e. The van der Waals surface area contributed by atoms with Gasteiger partial charge in [0, 0.05) is 26.4 Å². The highest BCUT2D eigenvalue weighted by molar-refractivity contribution is 6.94. The van der Waals surface area contributed by atoms with Crippen LogP contribution in [0.25, 0.3) is 0 Å². The van der Waals surface area contributed by atoms with Gasteiger partial charge in [-0.25, -0.2) is 0 Å². The van der Waals surface area contributed by atoms with E-state index in [1.54, 1.807) is 17.0 Å². The van der Waals surface area contributed by atoms with Crippen molar-refractivity contribution in [3.05, 3.63) is 0 Å².